The standard InChI is InChI=1S/C7H10N2O/c1-5-7-6(3-4-10-7)9(2)8-5/h3-4H2,1-2H3. The third-order valence-corrected chi connectivity index (χ3v) is 1.87. The maximum Gasteiger partial charge on any atom is 0.163 e. The normalized spacial score (nSPS) is 15.0. The second kappa shape index (κ2) is 1.75. The van der Waals surface area contributed by atoms with Crippen molar-refractivity contribution < 1.29 is 4.74 Å². The van der Waals surface area contributed by atoms with E-state index in [9.17, 15) is 0 Å². The van der Waals surface area contributed by atoms with Gasteiger partial charge in [-0.2, -0.15) is 5.10 Å². The summed E-state index contributed by atoms with van der Waals surface area (Å²) in [6, 6.07) is 0. The van der Waals surface area contributed by atoms with Gasteiger partial charge in [-0.15, -0.1) is 0 Å². The van der Waals surface area contributed by atoms with Crippen molar-refractivity contribution >= 4 is 0 Å². The highest BCUT2D eigenvalue weighted by Gasteiger charge is 2.19. The fourth-order valence-corrected chi connectivity index (χ4v) is 1.40. The first-order valence-corrected chi connectivity index (χ1v) is 3.44. The van der Waals surface area contributed by atoms with Crippen LogP contribution < -0.4 is 4.74 Å². The van der Waals surface area contributed by atoms with Crippen molar-refractivity contribution in [2.75, 3.05) is 6.61 Å². The number of rotatable bonds is 0. The van der Waals surface area contributed by atoms with Crippen molar-refractivity contribution in [2.45, 2.75) is 13.3 Å². The monoisotopic (exact) mass is 138 g/mol. The molecule has 0 unspecified atom stereocenters. The Morgan fingerprint density at radius 2 is 2.40 bits per heavy atom. The summed E-state index contributed by atoms with van der Waals surface area (Å²) in [6.07, 6.45) is 1.01. The first-order valence-electron chi connectivity index (χ1n) is 3.44. The molecule has 0 saturated carbocycles. The number of ether oxygens (including phenoxy) is 1. The topological polar surface area (TPSA) is 27.1 Å². The molecule has 2 rings (SSSR count). The Bertz CT molecular complexity index is 240. The van der Waals surface area contributed by atoms with Gasteiger partial charge in [0.25, 0.3) is 0 Å². The van der Waals surface area contributed by atoms with E-state index >= 15 is 0 Å². The predicted molar refractivity (Wildman–Crippen MR) is 37.1 cm³/mol. The van der Waals surface area contributed by atoms with Gasteiger partial charge in [0, 0.05) is 13.5 Å². The molecule has 0 fully saturated rings. The Morgan fingerprint density at radius 3 is 3.10 bits per heavy atom. The highest BCUT2D eigenvalue weighted by Crippen LogP contribution is 2.27. The smallest absolute Gasteiger partial charge is 0.163 e. The fraction of sp³-hybridized carbons (Fsp3) is 0.571. The van der Waals surface area contributed by atoms with Crippen molar-refractivity contribution in [1.29, 1.82) is 0 Å². The van der Waals surface area contributed by atoms with Crippen LogP contribution in [0.2, 0.25) is 0 Å². The van der Waals surface area contributed by atoms with Gasteiger partial charge in [-0.3, -0.25) is 4.68 Å². The van der Waals surface area contributed by atoms with E-state index in [1.807, 2.05) is 18.7 Å². The highest BCUT2D eigenvalue weighted by atomic mass is 16.5. The molecular weight excluding hydrogens is 128 g/mol. The summed E-state index contributed by atoms with van der Waals surface area (Å²) >= 11 is 0. The van der Waals surface area contributed by atoms with Gasteiger partial charge in [0.15, 0.2) is 5.75 Å². The lowest BCUT2D eigenvalue weighted by Gasteiger charge is -1.91. The van der Waals surface area contributed by atoms with Crippen LogP contribution in [-0.2, 0) is 13.5 Å². The van der Waals surface area contributed by atoms with E-state index in [0.29, 0.717) is 0 Å². The summed E-state index contributed by atoms with van der Waals surface area (Å²) in [7, 11) is 1.96. The number of aryl methyl sites for hydroxylation is 2. The summed E-state index contributed by atoms with van der Waals surface area (Å²) in [5.41, 5.74) is 2.24. The Morgan fingerprint density at radius 1 is 1.60 bits per heavy atom. The molecule has 0 saturated heterocycles. The molecule has 10 heavy (non-hydrogen) atoms. The molecular formula is C7H10N2O. The molecule has 0 radical (unpaired) electrons. The summed E-state index contributed by atoms with van der Waals surface area (Å²) in [4.78, 5) is 0. The molecule has 0 N–H and O–H groups in total. The molecule has 0 spiro atoms. The minimum absolute atomic E-state index is 0.821. The van der Waals surface area contributed by atoms with Gasteiger partial charge in [-0.25, -0.2) is 0 Å². The molecule has 0 aliphatic carbocycles. The molecule has 1 aliphatic rings. The largest absolute Gasteiger partial charge is 0.489 e. The van der Waals surface area contributed by atoms with Gasteiger partial charge < -0.3 is 4.74 Å². The molecule has 0 bridgehead atoms. The third-order valence-electron chi connectivity index (χ3n) is 1.87. The zero-order chi connectivity index (χ0) is 7.14. The lowest BCUT2D eigenvalue weighted by Crippen LogP contribution is -1.98. The summed E-state index contributed by atoms with van der Waals surface area (Å²) in [6.45, 7) is 2.80. The van der Waals surface area contributed by atoms with Crippen molar-refractivity contribution in [3.63, 3.8) is 0 Å². The van der Waals surface area contributed by atoms with Crippen LogP contribution in [0.1, 0.15) is 11.4 Å². The van der Waals surface area contributed by atoms with Gasteiger partial charge in [-0.05, 0) is 6.92 Å². The van der Waals surface area contributed by atoms with Crippen LogP contribution in [0.4, 0.5) is 0 Å². The van der Waals surface area contributed by atoms with E-state index in [1.54, 1.807) is 0 Å². The molecule has 2 heterocycles. The van der Waals surface area contributed by atoms with Crippen LogP contribution in [0.15, 0.2) is 0 Å². The van der Waals surface area contributed by atoms with Crippen molar-refractivity contribution in [3.8, 4) is 5.75 Å². The molecule has 0 amide bonds. The van der Waals surface area contributed by atoms with Gasteiger partial charge in [-0.1, -0.05) is 0 Å². The molecule has 54 valence electrons. The van der Waals surface area contributed by atoms with Crippen LogP contribution in [0.5, 0.6) is 5.75 Å². The van der Waals surface area contributed by atoms with E-state index < -0.39 is 0 Å². The van der Waals surface area contributed by atoms with Crippen LogP contribution >= 0.6 is 0 Å². The second-order valence-corrected chi connectivity index (χ2v) is 2.58. The van der Waals surface area contributed by atoms with Crippen molar-refractivity contribution in [1.82, 2.24) is 9.78 Å². The predicted octanol–water partition coefficient (Wildman–Crippen LogP) is 0.663. The zero-order valence-corrected chi connectivity index (χ0v) is 6.22. The molecule has 1 aromatic rings. The van der Waals surface area contributed by atoms with E-state index in [1.165, 1.54) is 5.69 Å². The van der Waals surface area contributed by atoms with Crippen molar-refractivity contribution in [2.24, 2.45) is 7.05 Å². The van der Waals surface area contributed by atoms with Crippen LogP contribution in [0.3, 0.4) is 0 Å². The third kappa shape index (κ3) is 0.574. The average molecular weight is 138 g/mol. The average Bonchev–Trinajstić information content (AvgIpc) is 2.39. The number of nitrogens with zero attached hydrogens (tertiary/aromatic N) is 2. The Labute approximate surface area is 59.6 Å². The molecule has 3 nitrogen and oxygen atoms in total. The quantitative estimate of drug-likeness (QED) is 0.526. The maximum absolute atomic E-state index is 5.37. The van der Waals surface area contributed by atoms with Crippen molar-refractivity contribution in [3.05, 3.63) is 11.4 Å². The maximum atomic E-state index is 5.37. The SMILES string of the molecule is Cc1nn(C)c2c1OCC2. The highest BCUT2D eigenvalue weighted by molar-refractivity contribution is 5.35. The Balaban J connectivity index is 2.61. The molecule has 1 aromatic heterocycles. The van der Waals surface area contributed by atoms with Crippen LogP contribution in [0, 0.1) is 6.92 Å². The molecule has 0 aromatic carbocycles. The lowest BCUT2D eigenvalue weighted by molar-refractivity contribution is 0.352. The molecule has 3 heteroatoms. The van der Waals surface area contributed by atoms with Gasteiger partial charge in [0.05, 0.1) is 12.3 Å². The first-order chi connectivity index (χ1) is 4.79. The minimum atomic E-state index is 0.821. The van der Waals surface area contributed by atoms with Gasteiger partial charge in [0.2, 0.25) is 0 Å². The van der Waals surface area contributed by atoms with E-state index in [4.69, 9.17) is 4.74 Å². The van der Waals surface area contributed by atoms with E-state index in [2.05, 4.69) is 5.10 Å². The lowest BCUT2D eigenvalue weighted by atomic mass is 10.3. The van der Waals surface area contributed by atoms with Gasteiger partial charge >= 0.3 is 0 Å². The van der Waals surface area contributed by atoms with Crippen LogP contribution in [-0.4, -0.2) is 16.4 Å². The van der Waals surface area contributed by atoms with Gasteiger partial charge in [0.1, 0.15) is 5.69 Å². The summed E-state index contributed by atoms with van der Waals surface area (Å²) < 4.78 is 7.27. The van der Waals surface area contributed by atoms with E-state index in [-0.39, 0.29) is 0 Å². The molecule has 1 aliphatic heterocycles. The number of hydrogen-bond donors (Lipinski definition) is 0. The minimum Gasteiger partial charge on any atom is -0.489 e. The Kier molecular flexibility index (Phi) is 1.01. The summed E-state index contributed by atoms with van der Waals surface area (Å²) in [5, 5.41) is 4.22. The van der Waals surface area contributed by atoms with Crippen LogP contribution in [0.25, 0.3) is 0 Å². The Hall–Kier alpha value is -0.990. The summed E-state index contributed by atoms with van der Waals surface area (Å²) in [5.74, 6) is 1.00. The fourth-order valence-electron chi connectivity index (χ4n) is 1.40. The van der Waals surface area contributed by atoms with E-state index in [0.717, 1.165) is 24.5 Å². The second-order valence-electron chi connectivity index (χ2n) is 2.58. The molecule has 0 atom stereocenters. The number of aromatic nitrogens is 2. The number of fused-ring (bicyclic) bond motifs is 1. The first kappa shape index (κ1) is 5.77. The zero-order valence-electron chi connectivity index (χ0n) is 6.22. The number of hydrogen-bond acceptors (Lipinski definition) is 2.